The summed E-state index contributed by atoms with van der Waals surface area (Å²) in [5, 5.41) is 6.63. The fraction of sp³-hybridized carbons (Fsp3) is 0.100. The van der Waals surface area contributed by atoms with Gasteiger partial charge < -0.3 is 15.3 Å². The molecule has 0 fully saturated rings. The molecule has 0 radical (unpaired) electrons. The van der Waals surface area contributed by atoms with Gasteiger partial charge in [0, 0.05) is 11.6 Å². The van der Waals surface area contributed by atoms with Gasteiger partial charge in [-0.3, -0.25) is 14.4 Å². The van der Waals surface area contributed by atoms with Crippen LogP contribution in [0.4, 0.5) is 19.0 Å². The number of aromatic amines is 2. The SMILES string of the molecule is Cc1cc(NC(=O)c2ccc3[nH]c(=O)c(=O)[nH]c3c2)n(-c2ccccc2C(F)(F)F)n1. The monoisotopic (exact) mass is 429 g/mol. The smallest absolute Gasteiger partial charge is 0.316 e. The van der Waals surface area contributed by atoms with E-state index in [9.17, 15) is 27.6 Å². The standard InChI is InChI=1S/C20H14F3N5O3/c1-10-8-16(28(27-10)15-5-3-2-4-12(15)20(21,22)23)26-17(29)11-6-7-13-14(9-11)25-19(31)18(30)24-13/h2-9H,1H3,(H,24,30)(H,25,31)(H,26,29). The molecule has 0 atom stereocenters. The summed E-state index contributed by atoms with van der Waals surface area (Å²) in [5.74, 6) is -0.603. The predicted molar refractivity (Wildman–Crippen MR) is 106 cm³/mol. The summed E-state index contributed by atoms with van der Waals surface area (Å²) in [6, 6.07) is 10.5. The molecular weight excluding hydrogens is 415 g/mol. The van der Waals surface area contributed by atoms with Crippen molar-refractivity contribution in [3.63, 3.8) is 0 Å². The number of nitrogens with zero attached hydrogens (tertiary/aromatic N) is 2. The lowest BCUT2D eigenvalue weighted by Crippen LogP contribution is -2.29. The number of hydrogen-bond acceptors (Lipinski definition) is 4. The van der Waals surface area contributed by atoms with Gasteiger partial charge in [0.2, 0.25) is 0 Å². The summed E-state index contributed by atoms with van der Waals surface area (Å²) < 4.78 is 41.3. The van der Waals surface area contributed by atoms with E-state index in [4.69, 9.17) is 0 Å². The largest absolute Gasteiger partial charge is 0.418 e. The number of nitrogens with one attached hydrogen (secondary N) is 3. The van der Waals surface area contributed by atoms with E-state index < -0.39 is 28.8 Å². The molecule has 0 unspecified atom stereocenters. The maximum Gasteiger partial charge on any atom is 0.418 e. The van der Waals surface area contributed by atoms with Crippen LogP contribution >= 0.6 is 0 Å². The van der Waals surface area contributed by atoms with Gasteiger partial charge in [-0.05, 0) is 37.3 Å². The van der Waals surface area contributed by atoms with Crippen molar-refractivity contribution in [1.82, 2.24) is 19.7 Å². The molecule has 0 aliphatic rings. The van der Waals surface area contributed by atoms with Crippen LogP contribution in [0.2, 0.25) is 0 Å². The Labute approximate surface area is 171 Å². The van der Waals surface area contributed by atoms with Crippen molar-refractivity contribution in [2.24, 2.45) is 0 Å². The molecular formula is C20H14F3N5O3. The summed E-state index contributed by atoms with van der Waals surface area (Å²) >= 11 is 0. The zero-order chi connectivity index (χ0) is 22.3. The second-order valence-electron chi connectivity index (χ2n) is 6.72. The fourth-order valence-electron chi connectivity index (χ4n) is 3.11. The summed E-state index contributed by atoms with van der Waals surface area (Å²) in [7, 11) is 0. The van der Waals surface area contributed by atoms with Gasteiger partial charge in [0.05, 0.1) is 28.0 Å². The number of fused-ring (bicyclic) bond motifs is 1. The lowest BCUT2D eigenvalue weighted by atomic mass is 10.1. The molecule has 3 N–H and O–H groups in total. The molecule has 11 heteroatoms. The number of carbonyl (C=O) groups is 1. The van der Waals surface area contributed by atoms with Crippen LogP contribution in [0.25, 0.3) is 16.7 Å². The topological polar surface area (TPSA) is 113 Å². The zero-order valence-corrected chi connectivity index (χ0v) is 15.9. The van der Waals surface area contributed by atoms with E-state index in [1.807, 2.05) is 0 Å². The molecule has 4 aromatic rings. The van der Waals surface area contributed by atoms with Gasteiger partial charge in [-0.25, -0.2) is 4.68 Å². The fourth-order valence-corrected chi connectivity index (χ4v) is 3.11. The number of amides is 1. The minimum atomic E-state index is -4.61. The maximum atomic E-state index is 13.4. The van der Waals surface area contributed by atoms with Gasteiger partial charge in [0.15, 0.2) is 0 Å². The number of para-hydroxylation sites is 1. The first-order valence-electron chi connectivity index (χ1n) is 8.94. The highest BCUT2D eigenvalue weighted by molar-refractivity contribution is 6.05. The Morgan fingerprint density at radius 1 is 1.00 bits per heavy atom. The van der Waals surface area contributed by atoms with Crippen molar-refractivity contribution in [2.75, 3.05) is 5.32 Å². The number of anilines is 1. The van der Waals surface area contributed by atoms with Crippen LogP contribution in [0.1, 0.15) is 21.6 Å². The van der Waals surface area contributed by atoms with Crippen molar-refractivity contribution in [2.45, 2.75) is 13.1 Å². The van der Waals surface area contributed by atoms with Crippen LogP contribution in [0.15, 0.2) is 58.1 Å². The summed E-state index contributed by atoms with van der Waals surface area (Å²) in [6.45, 7) is 1.58. The quantitative estimate of drug-likeness (QED) is 0.435. The average Bonchev–Trinajstić information content (AvgIpc) is 3.07. The number of hydrogen-bond donors (Lipinski definition) is 3. The van der Waals surface area contributed by atoms with E-state index in [1.54, 1.807) is 6.92 Å². The normalized spacial score (nSPS) is 11.6. The maximum absolute atomic E-state index is 13.4. The van der Waals surface area contributed by atoms with Crippen LogP contribution in [0, 0.1) is 6.92 Å². The van der Waals surface area contributed by atoms with E-state index in [1.165, 1.54) is 42.5 Å². The first kappa shape index (κ1) is 20.1. The number of H-pyrrole nitrogens is 2. The van der Waals surface area contributed by atoms with Crippen LogP contribution in [0.5, 0.6) is 0 Å². The van der Waals surface area contributed by atoms with Gasteiger partial charge in [-0.2, -0.15) is 18.3 Å². The molecule has 0 saturated heterocycles. The van der Waals surface area contributed by atoms with Crippen molar-refractivity contribution < 1.29 is 18.0 Å². The van der Waals surface area contributed by atoms with Crippen molar-refractivity contribution in [1.29, 1.82) is 0 Å². The Bertz CT molecular complexity index is 1430. The number of benzene rings is 2. The Kier molecular flexibility index (Phi) is 4.72. The second-order valence-corrected chi connectivity index (χ2v) is 6.72. The molecule has 31 heavy (non-hydrogen) atoms. The Morgan fingerprint density at radius 2 is 1.68 bits per heavy atom. The van der Waals surface area contributed by atoms with E-state index in [0.717, 1.165) is 10.7 Å². The highest BCUT2D eigenvalue weighted by atomic mass is 19.4. The summed E-state index contributed by atoms with van der Waals surface area (Å²) in [4.78, 5) is 40.4. The number of aryl methyl sites for hydroxylation is 1. The molecule has 2 aromatic carbocycles. The molecule has 158 valence electrons. The first-order chi connectivity index (χ1) is 14.6. The Morgan fingerprint density at radius 3 is 2.39 bits per heavy atom. The molecule has 0 aliphatic heterocycles. The van der Waals surface area contributed by atoms with Gasteiger partial charge in [-0.1, -0.05) is 12.1 Å². The minimum Gasteiger partial charge on any atom is -0.316 e. The molecule has 2 heterocycles. The molecule has 2 aromatic heterocycles. The lowest BCUT2D eigenvalue weighted by molar-refractivity contribution is -0.137. The zero-order valence-electron chi connectivity index (χ0n) is 15.9. The Balaban J connectivity index is 1.73. The molecule has 8 nitrogen and oxygen atoms in total. The third-order valence-corrected chi connectivity index (χ3v) is 4.50. The lowest BCUT2D eigenvalue weighted by Gasteiger charge is -2.15. The van der Waals surface area contributed by atoms with Crippen LogP contribution in [0.3, 0.4) is 0 Å². The molecule has 0 spiro atoms. The molecule has 0 aliphatic carbocycles. The first-order valence-corrected chi connectivity index (χ1v) is 8.94. The predicted octanol–water partition coefficient (Wildman–Crippen LogP) is 2.98. The minimum absolute atomic E-state index is 0.0364. The molecule has 0 bridgehead atoms. The number of alkyl halides is 3. The van der Waals surface area contributed by atoms with Crippen LogP contribution in [-0.2, 0) is 6.18 Å². The number of rotatable bonds is 3. The highest BCUT2D eigenvalue weighted by Gasteiger charge is 2.34. The molecule has 1 amide bonds. The van der Waals surface area contributed by atoms with E-state index >= 15 is 0 Å². The number of aromatic nitrogens is 4. The van der Waals surface area contributed by atoms with Crippen LogP contribution < -0.4 is 16.4 Å². The summed E-state index contributed by atoms with van der Waals surface area (Å²) in [5.41, 5.74) is -1.78. The molecule has 0 saturated carbocycles. The Hall–Kier alpha value is -4.15. The van der Waals surface area contributed by atoms with Gasteiger partial charge in [0.1, 0.15) is 5.82 Å². The van der Waals surface area contributed by atoms with E-state index in [-0.39, 0.29) is 22.6 Å². The average molecular weight is 429 g/mol. The summed E-state index contributed by atoms with van der Waals surface area (Å²) in [6.07, 6.45) is -4.61. The van der Waals surface area contributed by atoms with Crippen molar-refractivity contribution in [3.8, 4) is 5.69 Å². The van der Waals surface area contributed by atoms with Crippen molar-refractivity contribution in [3.05, 3.63) is 86.1 Å². The number of halogens is 3. The number of carbonyl (C=O) groups excluding carboxylic acids is 1. The second kappa shape index (κ2) is 7.27. The molecule has 4 rings (SSSR count). The van der Waals surface area contributed by atoms with Crippen molar-refractivity contribution >= 4 is 22.8 Å². The highest BCUT2D eigenvalue weighted by Crippen LogP contribution is 2.34. The third kappa shape index (κ3) is 3.84. The van der Waals surface area contributed by atoms with Gasteiger partial charge in [0.25, 0.3) is 5.91 Å². The van der Waals surface area contributed by atoms with Gasteiger partial charge in [-0.15, -0.1) is 0 Å². The van der Waals surface area contributed by atoms with E-state index in [2.05, 4.69) is 20.4 Å². The van der Waals surface area contributed by atoms with Gasteiger partial charge >= 0.3 is 17.3 Å². The van der Waals surface area contributed by atoms with E-state index in [0.29, 0.717) is 11.2 Å². The van der Waals surface area contributed by atoms with Crippen LogP contribution in [-0.4, -0.2) is 25.7 Å². The third-order valence-electron chi connectivity index (χ3n) is 4.50.